The average Bonchev–Trinajstić information content (AvgIpc) is 2.72. The third-order valence-electron chi connectivity index (χ3n) is 8.22. The number of aliphatic hydroxyl groups excluding tert-OH is 2. The van der Waals surface area contributed by atoms with Gasteiger partial charge in [-0.3, -0.25) is 0 Å². The monoisotopic (exact) mass is 418 g/mol. The molecule has 3 unspecified atom stereocenters. The maximum atomic E-state index is 13.8. The highest BCUT2D eigenvalue weighted by molar-refractivity contribution is 7.92. The minimum absolute atomic E-state index is 0.0594. The molecule has 4 nitrogen and oxygen atoms in total. The molecule has 2 saturated carbocycles. The first-order chi connectivity index (χ1) is 13.2. The van der Waals surface area contributed by atoms with Gasteiger partial charge in [0, 0.05) is 5.41 Å². The Morgan fingerprint density at radius 3 is 2.32 bits per heavy atom. The highest BCUT2D eigenvalue weighted by atomic mass is 32.2. The maximum Gasteiger partial charge on any atom is 0.154 e. The van der Waals surface area contributed by atoms with Gasteiger partial charge in [0.15, 0.2) is 9.84 Å². The van der Waals surface area contributed by atoms with E-state index in [1.807, 2.05) is 6.92 Å². The van der Waals surface area contributed by atoms with Gasteiger partial charge in [-0.05, 0) is 75.5 Å². The first-order valence-electron chi connectivity index (χ1n) is 11.5. The second kappa shape index (κ2) is 8.89. The molecular formula is C22H39FO4S. The summed E-state index contributed by atoms with van der Waals surface area (Å²) in [6.07, 6.45) is 5.20. The van der Waals surface area contributed by atoms with Crippen LogP contribution in [0.4, 0.5) is 4.39 Å². The third-order valence-corrected chi connectivity index (χ3v) is 10.7. The lowest BCUT2D eigenvalue weighted by atomic mass is 9.60. The molecule has 2 aliphatic carbocycles. The average molecular weight is 419 g/mol. The van der Waals surface area contributed by atoms with Crippen molar-refractivity contribution in [3.8, 4) is 0 Å². The van der Waals surface area contributed by atoms with Gasteiger partial charge in [0.2, 0.25) is 0 Å². The first kappa shape index (κ1) is 22.5. The fraction of sp³-hybridized carbons (Fsp3) is 1.00. The van der Waals surface area contributed by atoms with Crippen molar-refractivity contribution in [3.63, 3.8) is 0 Å². The fourth-order valence-electron chi connectivity index (χ4n) is 6.55. The number of aliphatic hydroxyl groups is 2. The van der Waals surface area contributed by atoms with Gasteiger partial charge >= 0.3 is 0 Å². The zero-order valence-corrected chi connectivity index (χ0v) is 18.3. The van der Waals surface area contributed by atoms with Gasteiger partial charge in [0.25, 0.3) is 0 Å². The number of fused-ring (bicyclic) bond motifs is 1. The number of sulfone groups is 1. The number of hydrogen-bond donors (Lipinski definition) is 2. The molecule has 28 heavy (non-hydrogen) atoms. The van der Waals surface area contributed by atoms with Crippen molar-refractivity contribution in [2.24, 2.45) is 23.2 Å². The van der Waals surface area contributed by atoms with Gasteiger partial charge in [0.05, 0.1) is 23.2 Å². The van der Waals surface area contributed by atoms with E-state index in [1.54, 1.807) is 0 Å². The molecule has 6 atom stereocenters. The maximum absolute atomic E-state index is 13.8. The Kier molecular flexibility index (Phi) is 7.14. The summed E-state index contributed by atoms with van der Waals surface area (Å²) in [5.41, 5.74) is -0.617. The molecule has 1 heterocycles. The third kappa shape index (κ3) is 4.29. The lowest BCUT2D eigenvalue weighted by Crippen LogP contribution is -2.48. The smallest absolute Gasteiger partial charge is 0.154 e. The van der Waals surface area contributed by atoms with E-state index in [0.717, 1.165) is 32.1 Å². The Hall–Kier alpha value is -0.200. The Bertz CT molecular complexity index is 616. The van der Waals surface area contributed by atoms with Crippen molar-refractivity contribution >= 4 is 9.84 Å². The number of rotatable bonds is 5. The van der Waals surface area contributed by atoms with Crippen LogP contribution in [0.5, 0.6) is 0 Å². The van der Waals surface area contributed by atoms with Crippen LogP contribution in [0.15, 0.2) is 0 Å². The SMILES string of the molecule is CCCC[C@]1(CC)CS(=O)(=O)C2CCC(O)CC2[C@@H](C2CCC(F)CC2)[C@H]1O. The van der Waals surface area contributed by atoms with Crippen LogP contribution in [0.2, 0.25) is 0 Å². The number of unbranched alkanes of at least 4 members (excludes halogenated alkanes) is 1. The van der Waals surface area contributed by atoms with E-state index < -0.39 is 38.9 Å². The summed E-state index contributed by atoms with van der Waals surface area (Å²) in [7, 11) is -3.35. The van der Waals surface area contributed by atoms with Gasteiger partial charge in [-0.2, -0.15) is 0 Å². The summed E-state index contributed by atoms with van der Waals surface area (Å²) >= 11 is 0. The quantitative estimate of drug-likeness (QED) is 0.707. The molecule has 6 heteroatoms. The van der Waals surface area contributed by atoms with Crippen molar-refractivity contribution in [2.45, 2.75) is 108 Å². The summed E-state index contributed by atoms with van der Waals surface area (Å²) in [4.78, 5) is 0. The van der Waals surface area contributed by atoms with Crippen LogP contribution in [-0.4, -0.2) is 48.0 Å². The molecule has 3 fully saturated rings. The molecule has 1 aliphatic heterocycles. The van der Waals surface area contributed by atoms with Crippen LogP contribution in [0, 0.1) is 23.2 Å². The van der Waals surface area contributed by atoms with E-state index in [1.165, 1.54) is 0 Å². The molecule has 0 aromatic rings. The summed E-state index contributed by atoms with van der Waals surface area (Å²) < 4.78 is 40.7. The van der Waals surface area contributed by atoms with E-state index in [-0.39, 0.29) is 23.5 Å². The van der Waals surface area contributed by atoms with Crippen LogP contribution in [-0.2, 0) is 9.84 Å². The Morgan fingerprint density at radius 2 is 1.71 bits per heavy atom. The first-order valence-corrected chi connectivity index (χ1v) is 13.2. The largest absolute Gasteiger partial charge is 0.393 e. The summed E-state index contributed by atoms with van der Waals surface area (Å²) in [5.74, 6) is -0.147. The molecule has 2 N–H and O–H groups in total. The standard InChI is InChI=1S/C22H39FO4S/c1-3-5-12-22(4-2)14-28(26,27)19-11-10-17(24)13-18(19)20(21(22)25)15-6-8-16(23)9-7-15/h15-21,24-25H,3-14H2,1-2H3/t15?,16?,17?,18?,19?,20-,21-,22-/m1/s1. The van der Waals surface area contributed by atoms with Crippen molar-refractivity contribution in [2.75, 3.05) is 5.75 Å². The van der Waals surface area contributed by atoms with E-state index in [9.17, 15) is 23.0 Å². The second-order valence-corrected chi connectivity index (χ2v) is 12.1. The summed E-state index contributed by atoms with van der Waals surface area (Å²) in [6.45, 7) is 4.10. The van der Waals surface area contributed by atoms with Crippen LogP contribution >= 0.6 is 0 Å². The van der Waals surface area contributed by atoms with Gasteiger partial charge < -0.3 is 10.2 Å². The van der Waals surface area contributed by atoms with Crippen LogP contribution in [0.1, 0.15) is 84.5 Å². The molecule has 0 spiro atoms. The molecule has 0 amide bonds. The predicted molar refractivity (Wildman–Crippen MR) is 110 cm³/mol. The van der Waals surface area contributed by atoms with E-state index in [4.69, 9.17) is 0 Å². The molecule has 0 bridgehead atoms. The van der Waals surface area contributed by atoms with Crippen LogP contribution in [0.3, 0.4) is 0 Å². The highest BCUT2D eigenvalue weighted by Gasteiger charge is 2.56. The minimum Gasteiger partial charge on any atom is -0.393 e. The second-order valence-electron chi connectivity index (χ2n) is 9.83. The number of halogens is 1. The molecule has 164 valence electrons. The molecule has 0 radical (unpaired) electrons. The van der Waals surface area contributed by atoms with E-state index in [0.29, 0.717) is 38.5 Å². The fourth-order valence-corrected chi connectivity index (χ4v) is 9.40. The lowest BCUT2D eigenvalue weighted by Gasteiger charge is -2.46. The normalized spacial score (nSPS) is 46.5. The van der Waals surface area contributed by atoms with Gasteiger partial charge in [0.1, 0.15) is 6.17 Å². The topological polar surface area (TPSA) is 74.6 Å². The van der Waals surface area contributed by atoms with Crippen molar-refractivity contribution in [1.29, 1.82) is 0 Å². The molecule has 3 aliphatic rings. The van der Waals surface area contributed by atoms with E-state index >= 15 is 0 Å². The summed E-state index contributed by atoms with van der Waals surface area (Å²) in [5, 5.41) is 21.6. The lowest BCUT2D eigenvalue weighted by molar-refractivity contribution is -0.0747. The molecule has 0 aromatic carbocycles. The zero-order valence-electron chi connectivity index (χ0n) is 17.5. The van der Waals surface area contributed by atoms with Crippen molar-refractivity contribution < 1.29 is 23.0 Å². The highest BCUT2D eigenvalue weighted by Crippen LogP contribution is 2.53. The molecule has 3 rings (SSSR count). The Morgan fingerprint density at radius 1 is 1.04 bits per heavy atom. The predicted octanol–water partition coefficient (Wildman–Crippen LogP) is 4.04. The summed E-state index contributed by atoms with van der Waals surface area (Å²) in [6, 6.07) is 0. The van der Waals surface area contributed by atoms with Crippen molar-refractivity contribution in [3.05, 3.63) is 0 Å². The minimum atomic E-state index is -3.35. The van der Waals surface area contributed by atoms with Crippen molar-refractivity contribution in [1.82, 2.24) is 0 Å². The van der Waals surface area contributed by atoms with Crippen LogP contribution in [0.25, 0.3) is 0 Å². The Balaban J connectivity index is 2.03. The van der Waals surface area contributed by atoms with E-state index in [2.05, 4.69) is 6.92 Å². The molecule has 0 aromatic heterocycles. The molecular weight excluding hydrogens is 379 g/mol. The Labute approximate surface area is 170 Å². The number of alkyl halides is 1. The van der Waals surface area contributed by atoms with Gasteiger partial charge in [-0.25, -0.2) is 12.8 Å². The van der Waals surface area contributed by atoms with Crippen LogP contribution < -0.4 is 0 Å². The molecule has 1 saturated heterocycles. The zero-order chi connectivity index (χ0) is 20.5. The van der Waals surface area contributed by atoms with Gasteiger partial charge in [-0.15, -0.1) is 0 Å². The van der Waals surface area contributed by atoms with Gasteiger partial charge in [-0.1, -0.05) is 26.7 Å². The number of hydrogen-bond acceptors (Lipinski definition) is 4.